The summed E-state index contributed by atoms with van der Waals surface area (Å²) in [6, 6.07) is 51.3. The number of nitrogens with one attached hydrogen (secondary N) is 1. The van der Waals surface area contributed by atoms with Crippen LogP contribution in [0.4, 0.5) is 0 Å². The Labute approximate surface area is 213 Å². The lowest BCUT2D eigenvalue weighted by Gasteiger charge is -2.29. The van der Waals surface area contributed by atoms with E-state index in [-0.39, 0.29) is 5.91 Å². The Morgan fingerprint density at radius 2 is 0.861 bits per heavy atom. The number of amides is 1. The third-order valence-corrected chi connectivity index (χ3v) is 10.4. The van der Waals surface area contributed by atoms with Crippen molar-refractivity contribution in [2.75, 3.05) is 0 Å². The van der Waals surface area contributed by atoms with E-state index in [4.69, 9.17) is 0 Å². The summed E-state index contributed by atoms with van der Waals surface area (Å²) in [6.45, 7) is 0. The second-order valence-corrected chi connectivity index (χ2v) is 11.8. The van der Waals surface area contributed by atoms with Gasteiger partial charge in [-0.1, -0.05) is 103 Å². The third kappa shape index (κ3) is 4.77. The SMILES string of the molecule is O=C(N/C(=C/c1ccccc1)[P+](c1ccccc1)(c1ccccc1)c1ccccc1)c1ccccc1. The molecular weight excluding hydrogens is 457 g/mol. The Hall–Kier alpha value is -4.26. The summed E-state index contributed by atoms with van der Waals surface area (Å²) in [5, 5.41) is 6.93. The van der Waals surface area contributed by atoms with Gasteiger partial charge in [-0.2, -0.15) is 0 Å². The number of hydrogen-bond acceptors (Lipinski definition) is 1. The molecule has 1 N–H and O–H groups in total. The van der Waals surface area contributed by atoms with Crippen molar-refractivity contribution >= 4 is 35.2 Å². The van der Waals surface area contributed by atoms with Gasteiger partial charge in [-0.05, 0) is 54.1 Å². The van der Waals surface area contributed by atoms with E-state index < -0.39 is 7.26 Å². The van der Waals surface area contributed by atoms with Crippen molar-refractivity contribution in [3.8, 4) is 0 Å². The van der Waals surface area contributed by atoms with Gasteiger partial charge in [-0.3, -0.25) is 10.1 Å². The van der Waals surface area contributed by atoms with Crippen LogP contribution < -0.4 is 21.2 Å². The second kappa shape index (κ2) is 11.0. The van der Waals surface area contributed by atoms with E-state index in [9.17, 15) is 4.79 Å². The molecule has 5 rings (SSSR count). The van der Waals surface area contributed by atoms with Crippen molar-refractivity contribution in [2.24, 2.45) is 0 Å². The first-order valence-electron chi connectivity index (χ1n) is 12.0. The molecule has 174 valence electrons. The van der Waals surface area contributed by atoms with E-state index in [0.29, 0.717) is 5.56 Å². The van der Waals surface area contributed by atoms with Gasteiger partial charge in [-0.15, -0.1) is 0 Å². The van der Waals surface area contributed by atoms with Crippen LogP contribution in [-0.4, -0.2) is 5.91 Å². The monoisotopic (exact) mass is 484 g/mol. The number of carbonyl (C=O) groups is 1. The lowest BCUT2D eigenvalue weighted by atomic mass is 10.2. The highest BCUT2D eigenvalue weighted by atomic mass is 31.2. The molecule has 0 aliphatic carbocycles. The number of benzene rings is 5. The fourth-order valence-electron chi connectivity index (χ4n) is 4.52. The summed E-state index contributed by atoms with van der Waals surface area (Å²) in [6.07, 6.45) is 2.14. The predicted molar refractivity (Wildman–Crippen MR) is 153 cm³/mol. The molecule has 3 heteroatoms. The molecule has 0 saturated carbocycles. The number of rotatable bonds is 7. The van der Waals surface area contributed by atoms with Crippen LogP contribution >= 0.6 is 7.26 Å². The van der Waals surface area contributed by atoms with E-state index in [0.717, 1.165) is 11.0 Å². The van der Waals surface area contributed by atoms with Gasteiger partial charge in [0.2, 0.25) is 0 Å². The van der Waals surface area contributed by atoms with Gasteiger partial charge in [0, 0.05) is 11.6 Å². The predicted octanol–water partition coefficient (Wildman–Crippen LogP) is 6.41. The molecule has 5 aromatic carbocycles. The highest BCUT2D eigenvalue weighted by Gasteiger charge is 2.50. The van der Waals surface area contributed by atoms with Gasteiger partial charge >= 0.3 is 0 Å². The molecule has 0 aliphatic rings. The molecule has 0 fully saturated rings. The lowest BCUT2D eigenvalue weighted by Crippen LogP contribution is -2.38. The maximum Gasteiger partial charge on any atom is 0.258 e. The van der Waals surface area contributed by atoms with Crippen molar-refractivity contribution in [3.63, 3.8) is 0 Å². The molecule has 2 nitrogen and oxygen atoms in total. The third-order valence-electron chi connectivity index (χ3n) is 6.17. The van der Waals surface area contributed by atoms with Crippen molar-refractivity contribution < 1.29 is 4.79 Å². The summed E-state index contributed by atoms with van der Waals surface area (Å²) >= 11 is 0. The van der Waals surface area contributed by atoms with Gasteiger partial charge in [0.15, 0.2) is 12.7 Å². The maximum absolute atomic E-state index is 13.7. The van der Waals surface area contributed by atoms with E-state index in [1.807, 2.05) is 66.7 Å². The first-order valence-corrected chi connectivity index (χ1v) is 13.8. The molecule has 1 amide bonds. The van der Waals surface area contributed by atoms with Crippen LogP contribution in [0, 0.1) is 0 Å². The molecule has 0 unspecified atom stereocenters. The summed E-state index contributed by atoms with van der Waals surface area (Å²) in [5.74, 6) is -0.120. The molecular formula is C33H27NOP+. The van der Waals surface area contributed by atoms with Gasteiger partial charge in [0.25, 0.3) is 5.91 Å². The maximum atomic E-state index is 13.7. The molecule has 0 atom stereocenters. The molecule has 0 heterocycles. The lowest BCUT2D eigenvalue weighted by molar-refractivity contribution is 0.0969. The first kappa shape index (κ1) is 23.5. The van der Waals surface area contributed by atoms with Gasteiger partial charge in [0.1, 0.15) is 15.9 Å². The van der Waals surface area contributed by atoms with Crippen molar-refractivity contribution in [2.45, 2.75) is 0 Å². The van der Waals surface area contributed by atoms with Crippen LogP contribution in [0.3, 0.4) is 0 Å². The highest BCUT2D eigenvalue weighted by Crippen LogP contribution is 2.61. The molecule has 0 bridgehead atoms. The fourth-order valence-corrected chi connectivity index (χ4v) is 8.72. The van der Waals surface area contributed by atoms with Crippen LogP contribution in [0.2, 0.25) is 0 Å². The van der Waals surface area contributed by atoms with E-state index >= 15 is 0 Å². The van der Waals surface area contributed by atoms with Crippen LogP contribution in [0.5, 0.6) is 0 Å². The van der Waals surface area contributed by atoms with Crippen LogP contribution in [-0.2, 0) is 0 Å². The number of hydrogen-bond donors (Lipinski definition) is 1. The summed E-state index contributed by atoms with van der Waals surface area (Å²) in [5.41, 5.74) is 2.56. The summed E-state index contributed by atoms with van der Waals surface area (Å²) in [4.78, 5) is 13.7. The number of carbonyl (C=O) groups excluding carboxylic acids is 1. The van der Waals surface area contributed by atoms with Crippen LogP contribution in [0.15, 0.2) is 157 Å². The van der Waals surface area contributed by atoms with E-state index in [1.54, 1.807) is 0 Å². The Morgan fingerprint density at radius 3 is 1.28 bits per heavy atom. The second-order valence-electron chi connectivity index (χ2n) is 8.44. The van der Waals surface area contributed by atoms with Crippen LogP contribution in [0.1, 0.15) is 15.9 Å². The molecule has 0 spiro atoms. The van der Waals surface area contributed by atoms with Gasteiger partial charge in [-0.25, -0.2) is 0 Å². The molecule has 0 aromatic heterocycles. The first-order chi connectivity index (χ1) is 17.8. The zero-order valence-electron chi connectivity index (χ0n) is 19.9. The largest absolute Gasteiger partial charge is 0.292 e. The van der Waals surface area contributed by atoms with Gasteiger partial charge in [0.05, 0.1) is 0 Å². The average Bonchev–Trinajstić information content (AvgIpc) is 2.96. The van der Waals surface area contributed by atoms with Crippen molar-refractivity contribution in [3.05, 3.63) is 168 Å². The normalized spacial score (nSPS) is 11.6. The minimum Gasteiger partial charge on any atom is -0.292 e. The molecule has 0 aliphatic heterocycles. The van der Waals surface area contributed by atoms with Gasteiger partial charge < -0.3 is 0 Å². The highest BCUT2D eigenvalue weighted by molar-refractivity contribution is 7.99. The topological polar surface area (TPSA) is 29.1 Å². The van der Waals surface area contributed by atoms with Crippen molar-refractivity contribution in [1.29, 1.82) is 0 Å². The standard InChI is InChI=1S/C33H26NOP/c35-33(28-18-8-2-9-19-28)34-32(26-27-16-6-1-7-17-27)36(29-20-10-3-11-21-29,30-22-12-4-13-23-30)31-24-14-5-15-25-31/h1-26H/p+1/b32-26-. The quantitative estimate of drug-likeness (QED) is 0.266. The summed E-state index contributed by atoms with van der Waals surface area (Å²) < 4.78 is 0. The molecule has 0 radical (unpaired) electrons. The smallest absolute Gasteiger partial charge is 0.258 e. The zero-order valence-corrected chi connectivity index (χ0v) is 20.8. The molecule has 0 saturated heterocycles. The van der Waals surface area contributed by atoms with E-state index in [2.05, 4.69) is 96.3 Å². The fraction of sp³-hybridized carbons (Fsp3) is 0. The van der Waals surface area contributed by atoms with E-state index in [1.165, 1.54) is 15.9 Å². The Balaban J connectivity index is 1.83. The Bertz CT molecular complexity index is 1340. The molecule has 5 aromatic rings. The Morgan fingerprint density at radius 1 is 0.500 bits per heavy atom. The van der Waals surface area contributed by atoms with Crippen molar-refractivity contribution in [1.82, 2.24) is 5.32 Å². The Kier molecular flexibility index (Phi) is 7.17. The molecule has 36 heavy (non-hydrogen) atoms. The minimum absolute atomic E-state index is 0.120. The zero-order chi connectivity index (χ0) is 24.6. The minimum atomic E-state index is -2.47. The average molecular weight is 485 g/mol. The summed E-state index contributed by atoms with van der Waals surface area (Å²) in [7, 11) is -2.47. The van der Waals surface area contributed by atoms with Crippen LogP contribution in [0.25, 0.3) is 6.08 Å².